The number of nitrogens with zero attached hydrogens (tertiary/aromatic N) is 2. The van der Waals surface area contributed by atoms with Crippen LogP contribution in [0.2, 0.25) is 0 Å². The smallest absolute Gasteiger partial charge is 0.242 e. The van der Waals surface area contributed by atoms with Gasteiger partial charge in [-0.2, -0.15) is 0 Å². The van der Waals surface area contributed by atoms with Crippen LogP contribution in [0.5, 0.6) is 0 Å². The van der Waals surface area contributed by atoms with E-state index < -0.39 is 0 Å². The molecule has 1 atom stereocenters. The minimum Gasteiger partial charge on any atom is -0.354 e. The summed E-state index contributed by atoms with van der Waals surface area (Å²) in [6, 6.07) is 5.72. The van der Waals surface area contributed by atoms with Crippen molar-refractivity contribution in [2.24, 2.45) is 0 Å². The molecule has 1 heterocycles. The lowest BCUT2D eigenvalue weighted by Gasteiger charge is -2.18. The Balaban J connectivity index is 2.49. The van der Waals surface area contributed by atoms with Gasteiger partial charge in [-0.15, -0.1) is 11.6 Å². The Morgan fingerprint density at radius 3 is 2.90 bits per heavy atom. The number of carbonyl (C=O) groups excluding carboxylic acids is 1. The summed E-state index contributed by atoms with van der Waals surface area (Å²) < 4.78 is 2.03. The Hall–Kier alpha value is -1.55. The van der Waals surface area contributed by atoms with E-state index in [0.29, 0.717) is 18.8 Å². The second-order valence-corrected chi connectivity index (χ2v) is 5.62. The normalized spacial score (nSPS) is 12.6. The number of hydrogen-bond acceptors (Lipinski definition) is 2. The molecular weight excluding hydrogens is 286 g/mol. The van der Waals surface area contributed by atoms with E-state index in [9.17, 15) is 4.79 Å². The monoisotopic (exact) mass is 307 g/mol. The molecule has 21 heavy (non-hydrogen) atoms. The largest absolute Gasteiger partial charge is 0.354 e. The molecule has 1 aromatic heterocycles. The maximum absolute atomic E-state index is 12.3. The van der Waals surface area contributed by atoms with Crippen LogP contribution < -0.4 is 5.32 Å². The average molecular weight is 308 g/mol. The van der Waals surface area contributed by atoms with E-state index in [-0.39, 0.29) is 11.9 Å². The summed E-state index contributed by atoms with van der Waals surface area (Å²) in [5, 5.41) is 2.95. The predicted octanol–water partition coefficient (Wildman–Crippen LogP) is 3.21. The van der Waals surface area contributed by atoms with Gasteiger partial charge in [-0.1, -0.05) is 19.1 Å². The summed E-state index contributed by atoms with van der Waals surface area (Å²) in [7, 11) is 0. The van der Waals surface area contributed by atoms with Crippen LogP contribution in [0, 0.1) is 6.92 Å². The second kappa shape index (κ2) is 6.94. The van der Waals surface area contributed by atoms with Gasteiger partial charge in [0.05, 0.1) is 11.0 Å². The van der Waals surface area contributed by atoms with E-state index in [4.69, 9.17) is 11.6 Å². The summed E-state index contributed by atoms with van der Waals surface area (Å²) in [6.45, 7) is 6.69. The van der Waals surface area contributed by atoms with Crippen molar-refractivity contribution in [2.45, 2.75) is 39.7 Å². The number of halogens is 1. The number of imidazole rings is 1. The molecule has 1 aromatic carbocycles. The van der Waals surface area contributed by atoms with Crippen molar-refractivity contribution in [3.05, 3.63) is 29.6 Å². The molecular formula is C16H22ClN3O. The highest BCUT2D eigenvalue weighted by Crippen LogP contribution is 2.25. The van der Waals surface area contributed by atoms with Crippen LogP contribution in [0.1, 0.15) is 37.7 Å². The van der Waals surface area contributed by atoms with Crippen molar-refractivity contribution in [1.82, 2.24) is 14.9 Å². The Morgan fingerprint density at radius 2 is 2.24 bits per heavy atom. The number of hydrogen-bond donors (Lipinski definition) is 1. The molecule has 0 radical (unpaired) electrons. The third-order valence-electron chi connectivity index (χ3n) is 3.62. The molecule has 0 spiro atoms. The molecule has 0 fully saturated rings. The van der Waals surface area contributed by atoms with Crippen molar-refractivity contribution < 1.29 is 4.79 Å². The summed E-state index contributed by atoms with van der Waals surface area (Å²) in [6.07, 6.45) is 1.58. The summed E-state index contributed by atoms with van der Waals surface area (Å²) in [4.78, 5) is 17.0. The highest BCUT2D eigenvalue weighted by atomic mass is 35.5. The SMILES string of the molecule is CCCNC(=O)C(C)n1c(CCCl)nc2cccc(C)c21. The summed E-state index contributed by atoms with van der Waals surface area (Å²) >= 11 is 5.89. The molecule has 0 bridgehead atoms. The molecule has 5 heteroatoms. The number of benzene rings is 1. The maximum atomic E-state index is 12.3. The van der Waals surface area contributed by atoms with Crippen molar-refractivity contribution in [3.8, 4) is 0 Å². The lowest BCUT2D eigenvalue weighted by Crippen LogP contribution is -2.32. The fourth-order valence-corrected chi connectivity index (χ4v) is 2.73. The number of aryl methyl sites for hydroxylation is 2. The number of para-hydroxylation sites is 1. The Labute approximate surface area is 130 Å². The van der Waals surface area contributed by atoms with Crippen LogP contribution in [0.4, 0.5) is 0 Å². The van der Waals surface area contributed by atoms with Gasteiger partial charge in [0, 0.05) is 18.8 Å². The number of alkyl halides is 1. The molecule has 0 saturated heterocycles. The molecule has 1 amide bonds. The van der Waals surface area contributed by atoms with Crippen LogP contribution in [-0.2, 0) is 11.2 Å². The molecule has 0 aliphatic heterocycles. The molecule has 1 unspecified atom stereocenters. The Bertz CT molecular complexity index is 636. The Morgan fingerprint density at radius 1 is 1.48 bits per heavy atom. The minimum atomic E-state index is -0.291. The number of fused-ring (bicyclic) bond motifs is 1. The van der Waals surface area contributed by atoms with Gasteiger partial charge in [0.25, 0.3) is 0 Å². The van der Waals surface area contributed by atoms with Crippen LogP contribution in [-0.4, -0.2) is 27.9 Å². The first-order valence-electron chi connectivity index (χ1n) is 7.40. The van der Waals surface area contributed by atoms with Crippen molar-refractivity contribution in [3.63, 3.8) is 0 Å². The van der Waals surface area contributed by atoms with E-state index in [1.54, 1.807) is 0 Å². The number of carbonyl (C=O) groups is 1. The average Bonchev–Trinajstić information content (AvgIpc) is 2.84. The van der Waals surface area contributed by atoms with Crippen LogP contribution in [0.3, 0.4) is 0 Å². The quantitative estimate of drug-likeness (QED) is 0.833. The fourth-order valence-electron chi connectivity index (χ4n) is 2.56. The van der Waals surface area contributed by atoms with E-state index >= 15 is 0 Å². The zero-order chi connectivity index (χ0) is 15.4. The fraction of sp³-hybridized carbons (Fsp3) is 0.500. The number of amides is 1. The summed E-state index contributed by atoms with van der Waals surface area (Å²) in [5.74, 6) is 1.38. The van der Waals surface area contributed by atoms with Crippen molar-refractivity contribution in [1.29, 1.82) is 0 Å². The van der Waals surface area contributed by atoms with Gasteiger partial charge in [-0.05, 0) is 31.9 Å². The molecule has 0 saturated carbocycles. The molecule has 4 nitrogen and oxygen atoms in total. The second-order valence-electron chi connectivity index (χ2n) is 5.25. The Kier molecular flexibility index (Phi) is 5.23. The topological polar surface area (TPSA) is 46.9 Å². The van der Waals surface area contributed by atoms with Crippen LogP contribution in [0.15, 0.2) is 18.2 Å². The predicted molar refractivity (Wildman–Crippen MR) is 86.9 cm³/mol. The first kappa shape index (κ1) is 15.8. The van der Waals surface area contributed by atoms with E-state index in [1.807, 2.05) is 43.5 Å². The molecule has 114 valence electrons. The van der Waals surface area contributed by atoms with Gasteiger partial charge in [-0.3, -0.25) is 4.79 Å². The lowest BCUT2D eigenvalue weighted by molar-refractivity contribution is -0.123. The highest BCUT2D eigenvalue weighted by molar-refractivity contribution is 6.17. The summed E-state index contributed by atoms with van der Waals surface area (Å²) in [5.41, 5.74) is 3.07. The van der Waals surface area contributed by atoms with Crippen molar-refractivity contribution >= 4 is 28.5 Å². The van der Waals surface area contributed by atoms with E-state index in [0.717, 1.165) is 28.8 Å². The number of rotatable bonds is 6. The van der Waals surface area contributed by atoms with Gasteiger partial charge in [-0.25, -0.2) is 4.98 Å². The van der Waals surface area contributed by atoms with Gasteiger partial charge < -0.3 is 9.88 Å². The van der Waals surface area contributed by atoms with Gasteiger partial charge in [0.15, 0.2) is 0 Å². The zero-order valence-corrected chi connectivity index (χ0v) is 13.6. The third-order valence-corrected chi connectivity index (χ3v) is 3.81. The number of aromatic nitrogens is 2. The first-order valence-corrected chi connectivity index (χ1v) is 7.93. The molecule has 2 aromatic rings. The zero-order valence-electron chi connectivity index (χ0n) is 12.8. The molecule has 1 N–H and O–H groups in total. The van der Waals surface area contributed by atoms with E-state index in [2.05, 4.69) is 10.3 Å². The van der Waals surface area contributed by atoms with Gasteiger partial charge in [0.2, 0.25) is 5.91 Å². The maximum Gasteiger partial charge on any atom is 0.242 e. The number of nitrogens with one attached hydrogen (secondary N) is 1. The lowest BCUT2D eigenvalue weighted by atomic mass is 10.2. The molecule has 2 rings (SSSR count). The van der Waals surface area contributed by atoms with E-state index in [1.165, 1.54) is 0 Å². The first-order chi connectivity index (χ1) is 10.1. The third kappa shape index (κ3) is 3.21. The van der Waals surface area contributed by atoms with Crippen LogP contribution in [0.25, 0.3) is 11.0 Å². The highest BCUT2D eigenvalue weighted by Gasteiger charge is 2.21. The molecule has 0 aliphatic carbocycles. The van der Waals surface area contributed by atoms with Crippen LogP contribution >= 0.6 is 11.6 Å². The van der Waals surface area contributed by atoms with Gasteiger partial charge >= 0.3 is 0 Å². The molecule has 0 aliphatic rings. The standard InChI is InChI=1S/C16H22ClN3O/c1-4-10-18-16(21)12(3)20-14(8-9-17)19-13-7-5-6-11(2)15(13)20/h5-7,12H,4,8-10H2,1-3H3,(H,18,21). The van der Waals surface area contributed by atoms with Gasteiger partial charge in [0.1, 0.15) is 11.9 Å². The van der Waals surface area contributed by atoms with Crippen molar-refractivity contribution in [2.75, 3.05) is 12.4 Å². The minimum absolute atomic E-state index is 0.0234.